The Hall–Kier alpha value is -1.64. The summed E-state index contributed by atoms with van der Waals surface area (Å²) < 4.78 is 6.18. The van der Waals surface area contributed by atoms with Crippen LogP contribution in [-0.4, -0.2) is 6.61 Å². The molecule has 1 saturated heterocycles. The molecular formula is C17H17NO. The fourth-order valence-corrected chi connectivity index (χ4v) is 3.33. The largest absolute Gasteiger partial charge is 0.354 e. The number of rotatable bonds is 1. The van der Waals surface area contributed by atoms with Crippen LogP contribution < -0.4 is 5.32 Å². The van der Waals surface area contributed by atoms with Crippen LogP contribution in [0.25, 0.3) is 0 Å². The zero-order chi connectivity index (χ0) is 12.7. The predicted molar refractivity (Wildman–Crippen MR) is 74.7 cm³/mol. The summed E-state index contributed by atoms with van der Waals surface area (Å²) in [6.45, 7) is 0.748. The van der Waals surface area contributed by atoms with E-state index in [0.29, 0.717) is 6.04 Å². The van der Waals surface area contributed by atoms with Crippen LogP contribution in [0.2, 0.25) is 0 Å². The summed E-state index contributed by atoms with van der Waals surface area (Å²) in [6, 6.07) is 19.5. The standard InChI is InChI=1S/C17H17NO/c1-2-7-14(8-3-1)16-12-19-17(18-16)11-10-13-6-4-5-9-15(13)17/h1-9,16,18H,10-12H2/t16-,17?/m0/s1. The van der Waals surface area contributed by atoms with Crippen molar-refractivity contribution in [3.05, 3.63) is 71.3 Å². The first-order valence-corrected chi connectivity index (χ1v) is 6.92. The number of nitrogens with one attached hydrogen (secondary N) is 1. The fraction of sp³-hybridized carbons (Fsp3) is 0.294. The second-order valence-electron chi connectivity index (χ2n) is 5.40. The number of hydrogen-bond donors (Lipinski definition) is 1. The summed E-state index contributed by atoms with van der Waals surface area (Å²) >= 11 is 0. The van der Waals surface area contributed by atoms with Gasteiger partial charge in [-0.05, 0) is 24.0 Å². The van der Waals surface area contributed by atoms with E-state index in [-0.39, 0.29) is 5.72 Å². The summed E-state index contributed by atoms with van der Waals surface area (Å²) in [5, 5.41) is 3.72. The highest BCUT2D eigenvalue weighted by Crippen LogP contribution is 2.43. The van der Waals surface area contributed by atoms with Crippen molar-refractivity contribution in [3.63, 3.8) is 0 Å². The van der Waals surface area contributed by atoms with E-state index in [9.17, 15) is 0 Å². The molecular weight excluding hydrogens is 234 g/mol. The first-order valence-electron chi connectivity index (χ1n) is 6.92. The van der Waals surface area contributed by atoms with Crippen LogP contribution >= 0.6 is 0 Å². The van der Waals surface area contributed by atoms with Gasteiger partial charge in [-0.3, -0.25) is 5.32 Å². The van der Waals surface area contributed by atoms with Crippen LogP contribution in [0, 0.1) is 0 Å². The first-order chi connectivity index (χ1) is 9.37. The molecule has 2 nitrogen and oxygen atoms in total. The minimum absolute atomic E-state index is 0.253. The molecule has 1 spiro atoms. The fourth-order valence-electron chi connectivity index (χ4n) is 3.33. The highest BCUT2D eigenvalue weighted by Gasteiger charge is 2.45. The maximum absolute atomic E-state index is 6.18. The molecule has 2 aromatic carbocycles. The van der Waals surface area contributed by atoms with Crippen LogP contribution in [0.4, 0.5) is 0 Å². The predicted octanol–water partition coefficient (Wildman–Crippen LogP) is 3.15. The molecule has 1 heterocycles. The van der Waals surface area contributed by atoms with Gasteiger partial charge >= 0.3 is 0 Å². The lowest BCUT2D eigenvalue weighted by Gasteiger charge is -2.25. The molecule has 1 aliphatic carbocycles. The van der Waals surface area contributed by atoms with Gasteiger partial charge in [-0.1, -0.05) is 54.6 Å². The molecule has 0 saturated carbocycles. The second kappa shape index (κ2) is 4.19. The topological polar surface area (TPSA) is 21.3 Å². The Morgan fingerprint density at radius 2 is 1.79 bits per heavy atom. The van der Waals surface area contributed by atoms with Gasteiger partial charge in [-0.25, -0.2) is 0 Å². The van der Waals surface area contributed by atoms with Gasteiger partial charge in [0.2, 0.25) is 0 Å². The van der Waals surface area contributed by atoms with Gasteiger partial charge in [0.15, 0.2) is 0 Å². The van der Waals surface area contributed by atoms with Crippen molar-refractivity contribution < 1.29 is 4.74 Å². The average Bonchev–Trinajstić information content (AvgIpc) is 3.07. The van der Waals surface area contributed by atoms with Crippen LogP contribution in [0.15, 0.2) is 54.6 Å². The Morgan fingerprint density at radius 3 is 2.68 bits per heavy atom. The highest BCUT2D eigenvalue weighted by atomic mass is 16.5. The Morgan fingerprint density at radius 1 is 1.00 bits per heavy atom. The van der Waals surface area contributed by atoms with Crippen molar-refractivity contribution in [3.8, 4) is 0 Å². The van der Waals surface area contributed by atoms with E-state index in [1.165, 1.54) is 16.7 Å². The highest BCUT2D eigenvalue weighted by molar-refractivity contribution is 5.38. The molecule has 1 fully saturated rings. The minimum Gasteiger partial charge on any atom is -0.354 e. The summed E-state index contributed by atoms with van der Waals surface area (Å²) in [5.74, 6) is 0. The lowest BCUT2D eigenvalue weighted by Crippen LogP contribution is -2.36. The van der Waals surface area contributed by atoms with Gasteiger partial charge in [-0.15, -0.1) is 0 Å². The SMILES string of the molecule is c1ccc([C@@H]2COC3(CCc4ccccc43)N2)cc1. The van der Waals surface area contributed by atoms with Crippen LogP contribution in [0.1, 0.15) is 29.2 Å². The number of aryl methyl sites for hydroxylation is 1. The average molecular weight is 251 g/mol. The van der Waals surface area contributed by atoms with Crippen molar-refractivity contribution in [2.75, 3.05) is 6.61 Å². The number of benzene rings is 2. The molecule has 96 valence electrons. The number of fused-ring (bicyclic) bond motifs is 2. The normalized spacial score (nSPS) is 28.7. The molecule has 0 amide bonds. The van der Waals surface area contributed by atoms with E-state index in [1.54, 1.807) is 0 Å². The van der Waals surface area contributed by atoms with Gasteiger partial charge in [0, 0.05) is 5.56 Å². The summed E-state index contributed by atoms with van der Waals surface area (Å²) in [7, 11) is 0. The maximum atomic E-state index is 6.18. The molecule has 2 heteroatoms. The van der Waals surface area contributed by atoms with E-state index < -0.39 is 0 Å². The Kier molecular flexibility index (Phi) is 2.47. The third-order valence-electron chi connectivity index (χ3n) is 4.30. The lowest BCUT2D eigenvalue weighted by atomic mass is 10.0. The van der Waals surface area contributed by atoms with Crippen molar-refractivity contribution in [2.24, 2.45) is 0 Å². The molecule has 1 N–H and O–H groups in total. The van der Waals surface area contributed by atoms with Gasteiger partial charge in [0.25, 0.3) is 0 Å². The second-order valence-corrected chi connectivity index (χ2v) is 5.40. The summed E-state index contributed by atoms with van der Waals surface area (Å²) in [4.78, 5) is 0. The molecule has 2 aromatic rings. The Balaban J connectivity index is 1.66. The molecule has 1 unspecified atom stereocenters. The molecule has 1 aliphatic heterocycles. The van der Waals surface area contributed by atoms with Crippen molar-refractivity contribution in [1.29, 1.82) is 0 Å². The van der Waals surface area contributed by atoms with E-state index in [0.717, 1.165) is 19.4 Å². The van der Waals surface area contributed by atoms with Crippen LogP contribution in [0.3, 0.4) is 0 Å². The molecule has 0 radical (unpaired) electrons. The van der Waals surface area contributed by atoms with E-state index in [4.69, 9.17) is 4.74 Å². The van der Waals surface area contributed by atoms with Crippen LogP contribution in [0.5, 0.6) is 0 Å². The lowest BCUT2D eigenvalue weighted by molar-refractivity contribution is -0.0128. The first kappa shape index (κ1) is 11.2. The van der Waals surface area contributed by atoms with E-state index in [2.05, 4.69) is 59.9 Å². The van der Waals surface area contributed by atoms with Crippen molar-refractivity contribution in [2.45, 2.75) is 24.6 Å². The van der Waals surface area contributed by atoms with Crippen LogP contribution in [-0.2, 0) is 16.9 Å². The van der Waals surface area contributed by atoms with E-state index in [1.807, 2.05) is 0 Å². The smallest absolute Gasteiger partial charge is 0.146 e. The molecule has 0 aromatic heterocycles. The summed E-state index contributed by atoms with van der Waals surface area (Å²) in [5.41, 5.74) is 3.80. The molecule has 19 heavy (non-hydrogen) atoms. The van der Waals surface area contributed by atoms with Crippen molar-refractivity contribution in [1.82, 2.24) is 5.32 Å². The monoisotopic (exact) mass is 251 g/mol. The van der Waals surface area contributed by atoms with Crippen molar-refractivity contribution >= 4 is 0 Å². The van der Waals surface area contributed by atoms with Gasteiger partial charge < -0.3 is 4.74 Å². The molecule has 4 rings (SSSR count). The number of ether oxygens (including phenoxy) is 1. The maximum Gasteiger partial charge on any atom is 0.146 e. The molecule has 2 aliphatic rings. The molecule has 0 bridgehead atoms. The quantitative estimate of drug-likeness (QED) is 0.840. The van der Waals surface area contributed by atoms with Gasteiger partial charge in [0.1, 0.15) is 5.72 Å². The Labute approximate surface area is 113 Å². The number of hydrogen-bond acceptors (Lipinski definition) is 2. The third kappa shape index (κ3) is 1.71. The van der Waals surface area contributed by atoms with E-state index >= 15 is 0 Å². The summed E-state index contributed by atoms with van der Waals surface area (Å²) in [6.07, 6.45) is 2.14. The third-order valence-corrected chi connectivity index (χ3v) is 4.30. The van der Waals surface area contributed by atoms with Gasteiger partial charge in [-0.2, -0.15) is 0 Å². The van der Waals surface area contributed by atoms with Gasteiger partial charge in [0.05, 0.1) is 12.6 Å². The minimum atomic E-state index is -0.253. The molecule has 2 atom stereocenters. The Bertz CT molecular complexity index is 595. The zero-order valence-electron chi connectivity index (χ0n) is 10.8. The zero-order valence-corrected chi connectivity index (χ0v) is 10.8.